The molecular formula is C7H7BrFNO. The van der Waals surface area contributed by atoms with Gasteiger partial charge < -0.3 is 0 Å². The minimum absolute atomic E-state index is 0.286. The Morgan fingerprint density at radius 2 is 2.27 bits per heavy atom. The predicted molar refractivity (Wildman–Crippen MR) is 43.1 cm³/mol. The molecular weight excluding hydrogens is 213 g/mol. The highest BCUT2D eigenvalue weighted by atomic mass is 79.9. The first-order valence-corrected chi connectivity index (χ1v) is 3.79. The van der Waals surface area contributed by atoms with Gasteiger partial charge in [0.05, 0.1) is 11.1 Å². The number of benzene rings is 1. The summed E-state index contributed by atoms with van der Waals surface area (Å²) in [6.45, 7) is 0.291. The van der Waals surface area contributed by atoms with Gasteiger partial charge in [-0.25, -0.2) is 10.3 Å². The maximum atomic E-state index is 12.6. The quantitative estimate of drug-likeness (QED) is 0.773. The van der Waals surface area contributed by atoms with Crippen LogP contribution in [0.1, 0.15) is 5.56 Å². The van der Waals surface area contributed by atoms with Crippen LogP contribution in [0.3, 0.4) is 0 Å². The molecule has 2 N–H and O–H groups in total. The van der Waals surface area contributed by atoms with Crippen LogP contribution in [0.25, 0.3) is 0 Å². The Bertz CT molecular complexity index is 254. The molecule has 4 heteroatoms. The number of halogens is 2. The Morgan fingerprint density at radius 3 is 2.82 bits per heavy atom. The zero-order valence-electron chi connectivity index (χ0n) is 5.68. The zero-order valence-corrected chi connectivity index (χ0v) is 7.27. The molecule has 1 aromatic carbocycles. The monoisotopic (exact) mass is 219 g/mol. The summed E-state index contributed by atoms with van der Waals surface area (Å²) in [6, 6.07) is 4.60. The summed E-state index contributed by atoms with van der Waals surface area (Å²) in [5, 5.41) is 0. The topological polar surface area (TPSA) is 35.2 Å². The van der Waals surface area contributed by atoms with E-state index in [0.29, 0.717) is 11.1 Å². The molecule has 1 aromatic rings. The third-order valence-electron chi connectivity index (χ3n) is 1.23. The van der Waals surface area contributed by atoms with Crippen molar-refractivity contribution in [3.05, 3.63) is 34.1 Å². The number of rotatable bonds is 2. The van der Waals surface area contributed by atoms with Crippen LogP contribution in [0.15, 0.2) is 22.7 Å². The van der Waals surface area contributed by atoms with E-state index in [-0.39, 0.29) is 5.82 Å². The first-order valence-electron chi connectivity index (χ1n) is 2.99. The summed E-state index contributed by atoms with van der Waals surface area (Å²) >= 11 is 3.04. The van der Waals surface area contributed by atoms with E-state index in [1.807, 2.05) is 0 Å². The van der Waals surface area contributed by atoms with Crippen molar-refractivity contribution in [2.45, 2.75) is 6.61 Å². The van der Waals surface area contributed by atoms with Gasteiger partial charge in [-0.3, -0.25) is 4.84 Å². The van der Waals surface area contributed by atoms with Crippen molar-refractivity contribution < 1.29 is 9.23 Å². The molecule has 0 aliphatic heterocycles. The van der Waals surface area contributed by atoms with Gasteiger partial charge in [-0.05, 0) is 33.6 Å². The van der Waals surface area contributed by atoms with Crippen LogP contribution in [-0.2, 0) is 11.4 Å². The van der Waals surface area contributed by atoms with Crippen molar-refractivity contribution in [1.82, 2.24) is 0 Å². The van der Waals surface area contributed by atoms with Gasteiger partial charge in [0.2, 0.25) is 0 Å². The molecule has 0 atom stereocenters. The average Bonchev–Trinajstić information content (AvgIpc) is 1.98. The van der Waals surface area contributed by atoms with E-state index in [9.17, 15) is 4.39 Å². The standard InChI is InChI=1S/C7H7BrFNO/c8-6-3-5(4-11-10)1-2-7(6)9/h1-3H,4,10H2. The largest absolute Gasteiger partial charge is 0.300 e. The van der Waals surface area contributed by atoms with Gasteiger partial charge in [0.25, 0.3) is 0 Å². The van der Waals surface area contributed by atoms with Crippen molar-refractivity contribution in [3.8, 4) is 0 Å². The second kappa shape index (κ2) is 3.80. The van der Waals surface area contributed by atoms with Gasteiger partial charge in [0.1, 0.15) is 5.82 Å². The molecule has 0 saturated heterocycles. The fraction of sp³-hybridized carbons (Fsp3) is 0.143. The number of hydrogen-bond acceptors (Lipinski definition) is 2. The molecule has 0 saturated carbocycles. The third-order valence-corrected chi connectivity index (χ3v) is 1.84. The average molecular weight is 220 g/mol. The Morgan fingerprint density at radius 1 is 1.55 bits per heavy atom. The summed E-state index contributed by atoms with van der Waals surface area (Å²) in [5.41, 5.74) is 0.834. The SMILES string of the molecule is NOCc1ccc(F)c(Br)c1. The molecule has 0 aliphatic rings. The Labute approximate surface area is 72.2 Å². The summed E-state index contributed by atoms with van der Waals surface area (Å²) < 4.78 is 13.0. The minimum Gasteiger partial charge on any atom is -0.300 e. The van der Waals surface area contributed by atoms with Crippen molar-refractivity contribution in [2.24, 2.45) is 5.90 Å². The van der Waals surface area contributed by atoms with Crippen LogP contribution in [-0.4, -0.2) is 0 Å². The second-order valence-corrected chi connectivity index (χ2v) is 2.91. The molecule has 0 unspecified atom stereocenters. The van der Waals surface area contributed by atoms with Gasteiger partial charge in [0, 0.05) is 0 Å². The second-order valence-electron chi connectivity index (χ2n) is 2.06. The van der Waals surface area contributed by atoms with Crippen molar-refractivity contribution >= 4 is 15.9 Å². The van der Waals surface area contributed by atoms with Crippen molar-refractivity contribution in [3.63, 3.8) is 0 Å². The lowest BCUT2D eigenvalue weighted by Gasteiger charge is -1.99. The van der Waals surface area contributed by atoms with E-state index in [0.717, 1.165) is 5.56 Å². The fourth-order valence-corrected chi connectivity index (χ4v) is 1.15. The lowest BCUT2D eigenvalue weighted by atomic mass is 10.2. The van der Waals surface area contributed by atoms with E-state index < -0.39 is 0 Å². The molecule has 60 valence electrons. The van der Waals surface area contributed by atoms with Crippen molar-refractivity contribution in [2.75, 3.05) is 0 Å². The Kier molecular flexibility index (Phi) is 2.99. The molecule has 11 heavy (non-hydrogen) atoms. The maximum Gasteiger partial charge on any atom is 0.137 e. The van der Waals surface area contributed by atoms with E-state index in [2.05, 4.69) is 20.8 Å². The summed E-state index contributed by atoms with van der Waals surface area (Å²) in [7, 11) is 0. The van der Waals surface area contributed by atoms with E-state index in [1.165, 1.54) is 6.07 Å². The van der Waals surface area contributed by atoms with E-state index >= 15 is 0 Å². The summed E-state index contributed by atoms with van der Waals surface area (Å²) in [4.78, 5) is 4.38. The molecule has 0 spiro atoms. The van der Waals surface area contributed by atoms with Gasteiger partial charge in [-0.15, -0.1) is 0 Å². The fourth-order valence-electron chi connectivity index (χ4n) is 0.726. The summed E-state index contributed by atoms with van der Waals surface area (Å²) in [5.74, 6) is 4.55. The van der Waals surface area contributed by atoms with Crippen LogP contribution in [0, 0.1) is 5.82 Å². The predicted octanol–water partition coefficient (Wildman–Crippen LogP) is 1.98. The number of hydrogen-bond donors (Lipinski definition) is 1. The van der Waals surface area contributed by atoms with Crippen LogP contribution in [0.4, 0.5) is 4.39 Å². The van der Waals surface area contributed by atoms with E-state index in [1.54, 1.807) is 12.1 Å². The lowest BCUT2D eigenvalue weighted by Crippen LogP contribution is -1.98. The molecule has 0 aliphatic carbocycles. The molecule has 0 aromatic heterocycles. The first-order chi connectivity index (χ1) is 5.24. The highest BCUT2D eigenvalue weighted by molar-refractivity contribution is 9.10. The molecule has 0 radical (unpaired) electrons. The normalized spacial score (nSPS) is 10.1. The van der Waals surface area contributed by atoms with Gasteiger partial charge in [-0.2, -0.15) is 0 Å². The Hall–Kier alpha value is -0.450. The van der Waals surface area contributed by atoms with Gasteiger partial charge >= 0.3 is 0 Å². The molecule has 2 nitrogen and oxygen atoms in total. The summed E-state index contributed by atoms with van der Waals surface area (Å²) in [6.07, 6.45) is 0. The van der Waals surface area contributed by atoms with Crippen LogP contribution < -0.4 is 5.90 Å². The van der Waals surface area contributed by atoms with E-state index in [4.69, 9.17) is 5.90 Å². The minimum atomic E-state index is -0.286. The smallest absolute Gasteiger partial charge is 0.137 e. The highest BCUT2D eigenvalue weighted by Crippen LogP contribution is 2.16. The molecule has 0 amide bonds. The van der Waals surface area contributed by atoms with Crippen LogP contribution >= 0.6 is 15.9 Å². The third kappa shape index (κ3) is 2.25. The zero-order chi connectivity index (χ0) is 8.27. The van der Waals surface area contributed by atoms with Gasteiger partial charge in [-0.1, -0.05) is 6.07 Å². The maximum absolute atomic E-state index is 12.6. The lowest BCUT2D eigenvalue weighted by molar-refractivity contribution is 0.124. The number of nitrogens with two attached hydrogens (primary N) is 1. The molecule has 0 bridgehead atoms. The van der Waals surface area contributed by atoms with Crippen molar-refractivity contribution in [1.29, 1.82) is 0 Å². The molecule has 0 fully saturated rings. The Balaban J connectivity index is 2.86. The molecule has 0 heterocycles. The highest BCUT2D eigenvalue weighted by Gasteiger charge is 1.99. The molecule has 1 rings (SSSR count). The van der Waals surface area contributed by atoms with Crippen LogP contribution in [0.2, 0.25) is 0 Å². The first kappa shape index (κ1) is 8.64. The van der Waals surface area contributed by atoms with Crippen LogP contribution in [0.5, 0.6) is 0 Å². The van der Waals surface area contributed by atoms with Gasteiger partial charge in [0.15, 0.2) is 0 Å².